The molecule has 0 unspecified atom stereocenters. The number of amides is 1. The summed E-state index contributed by atoms with van der Waals surface area (Å²) in [6, 6.07) is 5.76. The second kappa shape index (κ2) is 7.01. The first-order valence-corrected chi connectivity index (χ1v) is 6.15. The van der Waals surface area contributed by atoms with E-state index in [4.69, 9.17) is 4.74 Å². The first-order valence-electron chi connectivity index (χ1n) is 6.15. The zero-order chi connectivity index (χ0) is 13.5. The van der Waals surface area contributed by atoms with Gasteiger partial charge in [0.2, 0.25) is 5.91 Å². The largest absolute Gasteiger partial charge is 0.493 e. The Morgan fingerprint density at radius 2 is 2.17 bits per heavy atom. The fourth-order valence-electron chi connectivity index (χ4n) is 1.62. The van der Waals surface area contributed by atoms with E-state index in [1.54, 1.807) is 0 Å². The van der Waals surface area contributed by atoms with E-state index in [-0.39, 0.29) is 18.6 Å². The number of aryl methyl sites for hydroxylation is 1. The van der Waals surface area contributed by atoms with Gasteiger partial charge in [-0.2, -0.15) is 0 Å². The van der Waals surface area contributed by atoms with Gasteiger partial charge in [0.15, 0.2) is 0 Å². The molecule has 0 saturated heterocycles. The Balaban J connectivity index is 2.46. The molecule has 1 rings (SSSR count). The van der Waals surface area contributed by atoms with E-state index >= 15 is 0 Å². The second-order valence-corrected chi connectivity index (χ2v) is 4.59. The van der Waals surface area contributed by atoms with Crippen LogP contribution in [-0.2, 0) is 11.4 Å². The van der Waals surface area contributed by atoms with Crippen molar-refractivity contribution in [3.63, 3.8) is 0 Å². The third-order valence-electron chi connectivity index (χ3n) is 2.42. The van der Waals surface area contributed by atoms with Gasteiger partial charge in [-0.1, -0.05) is 17.7 Å². The third-order valence-corrected chi connectivity index (χ3v) is 2.42. The SMILES string of the molecule is Cc1ccc(OCCC(=O)NC(C)C)c(CO)c1. The number of aliphatic hydroxyl groups excluding tert-OH is 1. The van der Waals surface area contributed by atoms with Crippen LogP contribution in [0.15, 0.2) is 18.2 Å². The molecule has 100 valence electrons. The molecule has 1 amide bonds. The van der Waals surface area contributed by atoms with Gasteiger partial charge in [0.1, 0.15) is 5.75 Å². The minimum Gasteiger partial charge on any atom is -0.493 e. The first-order chi connectivity index (χ1) is 8.52. The Hall–Kier alpha value is -1.55. The Bertz CT molecular complexity index is 402. The Morgan fingerprint density at radius 3 is 2.78 bits per heavy atom. The summed E-state index contributed by atoms with van der Waals surface area (Å²) in [7, 11) is 0. The minimum absolute atomic E-state index is 0.0253. The molecule has 4 nitrogen and oxygen atoms in total. The average molecular weight is 251 g/mol. The molecule has 0 saturated carbocycles. The van der Waals surface area contributed by atoms with Crippen LogP contribution in [0, 0.1) is 6.92 Å². The molecule has 4 heteroatoms. The fourth-order valence-corrected chi connectivity index (χ4v) is 1.62. The van der Waals surface area contributed by atoms with Gasteiger partial charge in [-0.3, -0.25) is 4.79 Å². The highest BCUT2D eigenvalue weighted by atomic mass is 16.5. The van der Waals surface area contributed by atoms with Gasteiger partial charge in [0.25, 0.3) is 0 Å². The van der Waals surface area contributed by atoms with E-state index in [1.165, 1.54) is 0 Å². The second-order valence-electron chi connectivity index (χ2n) is 4.59. The van der Waals surface area contributed by atoms with Gasteiger partial charge in [-0.25, -0.2) is 0 Å². The van der Waals surface area contributed by atoms with Crippen LogP contribution in [0.1, 0.15) is 31.4 Å². The topological polar surface area (TPSA) is 58.6 Å². The summed E-state index contributed by atoms with van der Waals surface area (Å²) < 4.78 is 5.51. The van der Waals surface area contributed by atoms with Gasteiger partial charge < -0.3 is 15.2 Å². The number of hydrogen-bond acceptors (Lipinski definition) is 3. The van der Waals surface area contributed by atoms with Crippen molar-refractivity contribution in [1.82, 2.24) is 5.32 Å². The molecule has 0 bridgehead atoms. The van der Waals surface area contributed by atoms with Gasteiger partial charge >= 0.3 is 0 Å². The zero-order valence-electron chi connectivity index (χ0n) is 11.2. The lowest BCUT2D eigenvalue weighted by atomic mass is 10.1. The molecule has 0 aliphatic rings. The molecular formula is C14H21NO3. The lowest BCUT2D eigenvalue weighted by Crippen LogP contribution is -2.31. The van der Waals surface area contributed by atoms with Crippen LogP contribution in [0.5, 0.6) is 5.75 Å². The highest BCUT2D eigenvalue weighted by molar-refractivity contribution is 5.76. The van der Waals surface area contributed by atoms with Crippen molar-refractivity contribution in [3.8, 4) is 5.75 Å². The molecule has 0 aliphatic heterocycles. The van der Waals surface area contributed by atoms with Crippen molar-refractivity contribution in [1.29, 1.82) is 0 Å². The average Bonchev–Trinajstić information content (AvgIpc) is 2.30. The Morgan fingerprint density at radius 1 is 1.44 bits per heavy atom. The minimum atomic E-state index is -0.0603. The van der Waals surface area contributed by atoms with E-state index in [9.17, 15) is 9.90 Å². The molecule has 1 aromatic rings. The lowest BCUT2D eigenvalue weighted by molar-refractivity contribution is -0.122. The summed E-state index contributed by atoms with van der Waals surface area (Å²) in [5.41, 5.74) is 1.82. The summed E-state index contributed by atoms with van der Waals surface area (Å²) in [5, 5.41) is 12.0. The summed E-state index contributed by atoms with van der Waals surface area (Å²) in [6.45, 7) is 6.05. The Labute approximate surface area is 108 Å². The molecular weight excluding hydrogens is 230 g/mol. The molecule has 0 fully saturated rings. The maximum atomic E-state index is 11.4. The van der Waals surface area contributed by atoms with Crippen LogP contribution in [-0.4, -0.2) is 23.7 Å². The van der Waals surface area contributed by atoms with Gasteiger partial charge in [0, 0.05) is 11.6 Å². The van der Waals surface area contributed by atoms with Crippen LogP contribution in [0.4, 0.5) is 0 Å². The molecule has 0 radical (unpaired) electrons. The number of carbonyl (C=O) groups excluding carboxylic acids is 1. The lowest BCUT2D eigenvalue weighted by Gasteiger charge is -2.12. The highest BCUT2D eigenvalue weighted by Gasteiger charge is 2.06. The molecule has 0 aliphatic carbocycles. The van der Waals surface area contributed by atoms with Gasteiger partial charge in [-0.15, -0.1) is 0 Å². The summed E-state index contributed by atoms with van der Waals surface area (Å²) in [6.07, 6.45) is 0.316. The maximum Gasteiger partial charge on any atom is 0.223 e. The highest BCUT2D eigenvalue weighted by Crippen LogP contribution is 2.20. The predicted molar refractivity (Wildman–Crippen MR) is 70.5 cm³/mol. The zero-order valence-corrected chi connectivity index (χ0v) is 11.2. The molecule has 1 aromatic carbocycles. The number of carbonyl (C=O) groups is 1. The van der Waals surface area contributed by atoms with Crippen molar-refractivity contribution in [3.05, 3.63) is 29.3 Å². The van der Waals surface area contributed by atoms with Crippen LogP contribution >= 0.6 is 0 Å². The van der Waals surface area contributed by atoms with Crippen molar-refractivity contribution in [2.75, 3.05) is 6.61 Å². The number of nitrogens with one attached hydrogen (secondary N) is 1. The summed E-state index contributed by atoms with van der Waals surface area (Å²) in [5.74, 6) is 0.614. The van der Waals surface area contributed by atoms with Crippen LogP contribution in [0.25, 0.3) is 0 Å². The van der Waals surface area contributed by atoms with Crippen LogP contribution in [0.2, 0.25) is 0 Å². The molecule has 0 aromatic heterocycles. The van der Waals surface area contributed by atoms with Gasteiger partial charge in [-0.05, 0) is 26.8 Å². The summed E-state index contributed by atoms with van der Waals surface area (Å²) in [4.78, 5) is 11.4. The number of ether oxygens (including phenoxy) is 1. The van der Waals surface area contributed by atoms with E-state index in [0.717, 1.165) is 11.1 Å². The molecule has 0 spiro atoms. The summed E-state index contributed by atoms with van der Waals surface area (Å²) >= 11 is 0. The van der Waals surface area contributed by atoms with E-state index < -0.39 is 0 Å². The Kier molecular flexibility index (Phi) is 5.65. The molecule has 0 atom stereocenters. The van der Waals surface area contributed by atoms with E-state index in [1.807, 2.05) is 39.0 Å². The maximum absolute atomic E-state index is 11.4. The number of aliphatic hydroxyl groups is 1. The number of rotatable bonds is 6. The smallest absolute Gasteiger partial charge is 0.223 e. The van der Waals surface area contributed by atoms with E-state index in [0.29, 0.717) is 18.8 Å². The first kappa shape index (κ1) is 14.5. The molecule has 18 heavy (non-hydrogen) atoms. The van der Waals surface area contributed by atoms with Crippen LogP contribution in [0.3, 0.4) is 0 Å². The van der Waals surface area contributed by atoms with Crippen molar-refractivity contribution in [2.24, 2.45) is 0 Å². The molecule has 0 heterocycles. The van der Waals surface area contributed by atoms with Crippen molar-refractivity contribution < 1.29 is 14.6 Å². The van der Waals surface area contributed by atoms with Crippen molar-refractivity contribution >= 4 is 5.91 Å². The fraction of sp³-hybridized carbons (Fsp3) is 0.500. The van der Waals surface area contributed by atoms with Crippen molar-refractivity contribution in [2.45, 2.75) is 39.8 Å². The van der Waals surface area contributed by atoms with Crippen LogP contribution < -0.4 is 10.1 Å². The third kappa shape index (κ3) is 4.75. The predicted octanol–water partition coefficient (Wildman–Crippen LogP) is 1.78. The van der Waals surface area contributed by atoms with E-state index in [2.05, 4.69) is 5.32 Å². The number of hydrogen-bond donors (Lipinski definition) is 2. The number of benzene rings is 1. The quantitative estimate of drug-likeness (QED) is 0.810. The molecule has 2 N–H and O–H groups in total. The normalized spacial score (nSPS) is 10.5. The monoisotopic (exact) mass is 251 g/mol. The van der Waals surface area contributed by atoms with Gasteiger partial charge in [0.05, 0.1) is 19.6 Å². The standard InChI is InChI=1S/C14H21NO3/c1-10(2)15-14(17)6-7-18-13-5-4-11(3)8-12(13)9-16/h4-5,8,10,16H,6-7,9H2,1-3H3,(H,15,17).